The van der Waals surface area contributed by atoms with Crippen molar-refractivity contribution in [2.24, 2.45) is 0 Å². The van der Waals surface area contributed by atoms with Crippen molar-refractivity contribution in [3.05, 3.63) is 29.8 Å². The smallest absolute Gasteiger partial charge is 0.147 e. The van der Waals surface area contributed by atoms with Gasteiger partial charge in [-0.05, 0) is 11.6 Å². The summed E-state index contributed by atoms with van der Waals surface area (Å²) in [6.45, 7) is 0.811. The van der Waals surface area contributed by atoms with Gasteiger partial charge in [0.2, 0.25) is 0 Å². The van der Waals surface area contributed by atoms with Crippen LogP contribution in [-0.4, -0.2) is 12.3 Å². The van der Waals surface area contributed by atoms with Gasteiger partial charge in [0.25, 0.3) is 0 Å². The first kappa shape index (κ1) is 6.23. The highest BCUT2D eigenvalue weighted by Crippen LogP contribution is 2.50. The summed E-state index contributed by atoms with van der Waals surface area (Å²) >= 11 is 0. The maximum absolute atomic E-state index is 11.2. The Hall–Kier alpha value is -1.31. The zero-order valence-corrected chi connectivity index (χ0v) is 6.63. The van der Waals surface area contributed by atoms with E-state index < -0.39 is 0 Å². The lowest BCUT2D eigenvalue weighted by Crippen LogP contribution is -2.11. The van der Waals surface area contributed by atoms with Crippen LogP contribution in [0.3, 0.4) is 0 Å². The van der Waals surface area contributed by atoms with E-state index >= 15 is 0 Å². The number of fused-ring (bicyclic) bond motifs is 2. The molecule has 2 heteroatoms. The Labute approximate surface area is 70.6 Å². The Bertz CT molecular complexity index is 372. The van der Waals surface area contributed by atoms with Crippen LogP contribution in [-0.2, 0) is 10.2 Å². The van der Waals surface area contributed by atoms with Crippen molar-refractivity contribution in [3.8, 4) is 0 Å². The fourth-order valence-corrected chi connectivity index (χ4v) is 2.03. The lowest BCUT2D eigenvalue weighted by atomic mass is 9.99. The van der Waals surface area contributed by atoms with Gasteiger partial charge in [-0.2, -0.15) is 0 Å². The van der Waals surface area contributed by atoms with Crippen molar-refractivity contribution >= 4 is 11.5 Å². The van der Waals surface area contributed by atoms with E-state index in [-0.39, 0.29) is 5.41 Å². The normalized spacial score (nSPS) is 30.2. The molecule has 1 heterocycles. The average molecular weight is 159 g/mol. The molecule has 2 aliphatic rings. The lowest BCUT2D eigenvalue weighted by molar-refractivity contribution is -0.111. The fourth-order valence-electron chi connectivity index (χ4n) is 2.03. The number of hydrogen-bond donors (Lipinski definition) is 1. The Morgan fingerprint density at radius 1 is 1.33 bits per heavy atom. The molecule has 1 aromatic carbocycles. The number of Topliss-reactive ketones (excluding diaryl/α,β-unsaturated/α-hetero) is 1. The van der Waals surface area contributed by atoms with Crippen molar-refractivity contribution < 1.29 is 4.79 Å². The monoisotopic (exact) mass is 159 g/mol. The number of para-hydroxylation sites is 1. The molecule has 0 amide bonds. The minimum absolute atomic E-state index is 0.114. The van der Waals surface area contributed by atoms with E-state index in [0.29, 0.717) is 5.78 Å². The molecule has 1 N–H and O–H groups in total. The predicted molar refractivity (Wildman–Crippen MR) is 46.2 cm³/mol. The largest absolute Gasteiger partial charge is 0.383 e. The summed E-state index contributed by atoms with van der Waals surface area (Å²) in [7, 11) is 0. The van der Waals surface area contributed by atoms with E-state index in [1.165, 1.54) is 5.56 Å². The van der Waals surface area contributed by atoms with Crippen LogP contribution in [0.15, 0.2) is 24.3 Å². The van der Waals surface area contributed by atoms with Crippen molar-refractivity contribution in [1.82, 2.24) is 0 Å². The van der Waals surface area contributed by atoms with E-state index in [1.54, 1.807) is 0 Å². The number of hydrogen-bond acceptors (Lipinski definition) is 2. The highest BCUT2D eigenvalue weighted by molar-refractivity contribution is 6.09. The van der Waals surface area contributed by atoms with Gasteiger partial charge in [0, 0.05) is 18.7 Å². The van der Waals surface area contributed by atoms with Gasteiger partial charge < -0.3 is 5.32 Å². The van der Waals surface area contributed by atoms with Crippen LogP contribution in [0.2, 0.25) is 0 Å². The standard InChI is InChI=1S/C10H9NO/c12-9-5-10(9)6-11-8-4-2-1-3-7(8)10/h1-4,11H,5-6H2. The molecule has 1 spiro atoms. The van der Waals surface area contributed by atoms with Gasteiger partial charge in [-0.25, -0.2) is 0 Å². The molecule has 60 valence electrons. The molecule has 1 fully saturated rings. The molecule has 0 bridgehead atoms. The maximum Gasteiger partial charge on any atom is 0.147 e. The molecular weight excluding hydrogens is 150 g/mol. The molecule has 2 nitrogen and oxygen atoms in total. The Morgan fingerprint density at radius 3 is 2.83 bits per heavy atom. The fraction of sp³-hybridized carbons (Fsp3) is 0.300. The second kappa shape index (κ2) is 1.71. The molecule has 1 saturated carbocycles. The molecule has 1 aliphatic carbocycles. The third kappa shape index (κ3) is 0.546. The molecule has 1 aromatic rings. The molecule has 1 unspecified atom stereocenters. The first-order valence-corrected chi connectivity index (χ1v) is 4.20. The van der Waals surface area contributed by atoms with Crippen molar-refractivity contribution in [1.29, 1.82) is 0 Å². The lowest BCUT2D eigenvalue weighted by Gasteiger charge is -2.01. The molecule has 0 saturated heterocycles. The quantitative estimate of drug-likeness (QED) is 0.618. The highest BCUT2D eigenvalue weighted by atomic mass is 16.1. The van der Waals surface area contributed by atoms with Crippen LogP contribution in [0.25, 0.3) is 0 Å². The van der Waals surface area contributed by atoms with Crippen molar-refractivity contribution in [3.63, 3.8) is 0 Å². The zero-order chi connectivity index (χ0) is 8.18. The number of benzene rings is 1. The van der Waals surface area contributed by atoms with Crippen LogP contribution in [0, 0.1) is 0 Å². The van der Waals surface area contributed by atoms with Crippen LogP contribution in [0.1, 0.15) is 12.0 Å². The maximum atomic E-state index is 11.2. The molecule has 3 rings (SSSR count). The summed E-state index contributed by atoms with van der Waals surface area (Å²) in [5, 5.41) is 3.26. The van der Waals surface area contributed by atoms with E-state index in [9.17, 15) is 4.79 Å². The average Bonchev–Trinajstić information content (AvgIpc) is 2.58. The number of carbonyl (C=O) groups excluding carboxylic acids is 1. The zero-order valence-electron chi connectivity index (χ0n) is 6.63. The summed E-state index contributed by atoms with van der Waals surface area (Å²) < 4.78 is 0. The number of carbonyl (C=O) groups is 1. The highest BCUT2D eigenvalue weighted by Gasteiger charge is 2.58. The molecule has 1 aliphatic heterocycles. The Morgan fingerprint density at radius 2 is 2.08 bits per heavy atom. The summed E-state index contributed by atoms with van der Waals surface area (Å²) in [4.78, 5) is 11.2. The number of rotatable bonds is 0. The van der Waals surface area contributed by atoms with Gasteiger partial charge >= 0.3 is 0 Å². The topological polar surface area (TPSA) is 29.1 Å². The molecule has 1 atom stereocenters. The van der Waals surface area contributed by atoms with Gasteiger partial charge in [-0.15, -0.1) is 0 Å². The Kier molecular flexibility index (Phi) is 0.888. The van der Waals surface area contributed by atoms with Gasteiger partial charge in [0.1, 0.15) is 5.78 Å². The molecule has 0 aromatic heterocycles. The van der Waals surface area contributed by atoms with Crippen LogP contribution < -0.4 is 5.32 Å². The van der Waals surface area contributed by atoms with Gasteiger partial charge in [0.05, 0.1) is 5.41 Å². The van der Waals surface area contributed by atoms with Crippen molar-refractivity contribution in [2.45, 2.75) is 11.8 Å². The van der Waals surface area contributed by atoms with E-state index in [0.717, 1.165) is 18.7 Å². The first-order valence-electron chi connectivity index (χ1n) is 4.20. The summed E-state index contributed by atoms with van der Waals surface area (Å²) in [6.07, 6.45) is 0.733. The van der Waals surface area contributed by atoms with E-state index in [2.05, 4.69) is 11.4 Å². The van der Waals surface area contributed by atoms with Crippen LogP contribution in [0.4, 0.5) is 5.69 Å². The third-order valence-electron chi connectivity index (χ3n) is 2.89. The Balaban J connectivity index is 2.21. The second-order valence-electron chi connectivity index (χ2n) is 3.58. The number of ketones is 1. The SMILES string of the molecule is O=C1CC12CNc1ccccc12. The van der Waals surface area contributed by atoms with E-state index in [1.807, 2.05) is 18.2 Å². The van der Waals surface area contributed by atoms with E-state index in [4.69, 9.17) is 0 Å². The van der Waals surface area contributed by atoms with Crippen LogP contribution in [0.5, 0.6) is 0 Å². The molecule has 0 radical (unpaired) electrons. The van der Waals surface area contributed by atoms with Gasteiger partial charge in [-0.3, -0.25) is 4.79 Å². The minimum Gasteiger partial charge on any atom is -0.383 e. The second-order valence-corrected chi connectivity index (χ2v) is 3.58. The summed E-state index contributed by atoms with van der Waals surface area (Å²) in [5.41, 5.74) is 2.23. The van der Waals surface area contributed by atoms with Gasteiger partial charge in [-0.1, -0.05) is 18.2 Å². The first-order chi connectivity index (χ1) is 5.83. The van der Waals surface area contributed by atoms with Crippen molar-refractivity contribution in [2.75, 3.05) is 11.9 Å². The predicted octanol–water partition coefficient (Wildman–Crippen LogP) is 1.32. The number of nitrogens with one attached hydrogen (secondary N) is 1. The molecular formula is C10H9NO. The molecule has 12 heavy (non-hydrogen) atoms. The van der Waals surface area contributed by atoms with Gasteiger partial charge in [0.15, 0.2) is 0 Å². The third-order valence-corrected chi connectivity index (χ3v) is 2.89. The minimum atomic E-state index is -0.114. The number of anilines is 1. The van der Waals surface area contributed by atoms with Crippen LogP contribution >= 0.6 is 0 Å². The summed E-state index contributed by atoms with van der Waals surface area (Å²) in [6, 6.07) is 8.09. The summed E-state index contributed by atoms with van der Waals surface area (Å²) in [5.74, 6) is 0.389.